The molecule has 5 nitrogen and oxygen atoms in total. The van der Waals surface area contributed by atoms with Gasteiger partial charge in [-0.2, -0.15) is 0 Å². The van der Waals surface area contributed by atoms with Gasteiger partial charge in [-0.15, -0.1) is 0 Å². The predicted molar refractivity (Wildman–Crippen MR) is 110 cm³/mol. The van der Waals surface area contributed by atoms with Crippen LogP contribution >= 0.6 is 11.8 Å². The maximum atomic E-state index is 11.0. The summed E-state index contributed by atoms with van der Waals surface area (Å²) in [6, 6.07) is 9.74. The minimum absolute atomic E-state index is 0.115. The van der Waals surface area contributed by atoms with E-state index in [1.165, 1.54) is 21.4 Å². The van der Waals surface area contributed by atoms with Gasteiger partial charge in [-0.05, 0) is 0 Å². The van der Waals surface area contributed by atoms with E-state index in [1.807, 2.05) is 12.1 Å². The third kappa shape index (κ3) is 2.62. The van der Waals surface area contributed by atoms with Crippen molar-refractivity contribution in [3.05, 3.63) is 57.6 Å². The zero-order valence-electron chi connectivity index (χ0n) is 15.0. The van der Waals surface area contributed by atoms with Gasteiger partial charge in [0.2, 0.25) is 0 Å². The Balaban J connectivity index is 1.73. The Morgan fingerprint density at radius 2 is 2.04 bits per heavy atom. The fourth-order valence-electron chi connectivity index (χ4n) is 3.38. The zero-order valence-corrected chi connectivity index (χ0v) is 17.5. The Bertz CT molecular complexity index is 960. The molecule has 0 radical (unpaired) electrons. The van der Waals surface area contributed by atoms with Crippen molar-refractivity contribution in [3.8, 4) is 0 Å². The first-order valence-corrected chi connectivity index (χ1v) is 10.8. The number of hydrogen-bond donors (Lipinski definition) is 0. The third-order valence-corrected chi connectivity index (χ3v) is 9.65. The number of hydrogen-bond acceptors (Lipinski definition) is 5. The molecule has 0 saturated heterocycles. The van der Waals surface area contributed by atoms with E-state index < -0.39 is 0 Å². The predicted octanol–water partition coefficient (Wildman–Crippen LogP) is 3.22. The molecule has 0 saturated carbocycles. The van der Waals surface area contributed by atoms with Crippen LogP contribution in [0, 0.1) is 17.0 Å². The van der Waals surface area contributed by atoms with Gasteiger partial charge >= 0.3 is 163 Å². The molecule has 1 atom stereocenters. The zero-order chi connectivity index (χ0) is 18.6. The molecule has 134 valence electrons. The summed E-state index contributed by atoms with van der Waals surface area (Å²) in [7, 11) is 6.30. The van der Waals surface area contributed by atoms with E-state index in [1.54, 1.807) is 23.9 Å². The number of rotatable bonds is 2. The summed E-state index contributed by atoms with van der Waals surface area (Å²) < 4.78 is 1.28. The number of anilines is 2. The van der Waals surface area contributed by atoms with E-state index in [-0.39, 0.29) is 29.3 Å². The summed E-state index contributed by atoms with van der Waals surface area (Å²) in [6.07, 6.45) is 4.26. The molecule has 2 aliphatic heterocycles. The quantitative estimate of drug-likeness (QED) is 0.415. The first-order valence-electron chi connectivity index (χ1n) is 8.22. The summed E-state index contributed by atoms with van der Waals surface area (Å²) in [5.74, 6) is 0. The van der Waals surface area contributed by atoms with E-state index in [4.69, 9.17) is 0 Å². The molecule has 2 aromatic rings. The molecule has 4 rings (SSSR count). The van der Waals surface area contributed by atoms with Crippen molar-refractivity contribution in [2.24, 2.45) is 0 Å². The monoisotopic (exact) mass is 433 g/mol. The summed E-state index contributed by atoms with van der Waals surface area (Å²) in [6.45, 7) is 2.15. The van der Waals surface area contributed by atoms with Crippen LogP contribution in [-0.4, -0.2) is 44.8 Å². The van der Waals surface area contributed by atoms with Crippen molar-refractivity contribution in [2.75, 3.05) is 30.9 Å². The first kappa shape index (κ1) is 17.5. The van der Waals surface area contributed by atoms with Crippen LogP contribution in [0.25, 0.3) is 6.08 Å². The topological polar surface area (TPSA) is 49.6 Å². The van der Waals surface area contributed by atoms with Gasteiger partial charge in [-0.25, -0.2) is 0 Å². The van der Waals surface area contributed by atoms with E-state index in [0.717, 1.165) is 10.5 Å². The van der Waals surface area contributed by atoms with Crippen molar-refractivity contribution in [3.63, 3.8) is 0 Å². The van der Waals surface area contributed by atoms with Crippen LogP contribution in [0.15, 0.2) is 41.3 Å². The van der Waals surface area contributed by atoms with Gasteiger partial charge in [0, 0.05) is 0 Å². The van der Waals surface area contributed by atoms with Gasteiger partial charge in [0.05, 0.1) is 0 Å². The average molecular weight is 432 g/mol. The second kappa shape index (κ2) is 6.05. The minimum atomic E-state index is -0.337. The number of nitro benzene ring substituents is 1. The summed E-state index contributed by atoms with van der Waals surface area (Å²) in [5, 5.41) is 11.0. The van der Waals surface area contributed by atoms with E-state index in [2.05, 4.69) is 56.1 Å². The van der Waals surface area contributed by atoms with Crippen molar-refractivity contribution in [2.45, 2.75) is 15.6 Å². The second-order valence-corrected chi connectivity index (χ2v) is 11.2. The molecule has 1 unspecified atom stereocenters. The molecule has 2 heterocycles. The molecule has 7 heteroatoms. The summed E-state index contributed by atoms with van der Waals surface area (Å²) in [4.78, 5) is 16.3. The van der Waals surface area contributed by atoms with Gasteiger partial charge in [0.25, 0.3) is 0 Å². The molecule has 26 heavy (non-hydrogen) atoms. The molecule has 2 aliphatic rings. The molecule has 0 aliphatic carbocycles. The molecule has 0 fully saturated rings. The number of aryl methyl sites for hydroxylation is 1. The Morgan fingerprint density at radius 1 is 1.27 bits per heavy atom. The maximum absolute atomic E-state index is 11.0. The number of fused-ring (bicyclic) bond motifs is 2. The Hall–Kier alpha value is -1.95. The number of thioether (sulfide) groups is 1. The fourth-order valence-corrected chi connectivity index (χ4v) is 8.21. The van der Waals surface area contributed by atoms with Gasteiger partial charge in [0.15, 0.2) is 0 Å². The average Bonchev–Trinajstić information content (AvgIpc) is 2.85. The van der Waals surface area contributed by atoms with Crippen molar-refractivity contribution < 1.29 is 4.92 Å². The van der Waals surface area contributed by atoms with Crippen molar-refractivity contribution in [1.29, 1.82) is 0 Å². The summed E-state index contributed by atoms with van der Waals surface area (Å²) >= 11 is 2.04. The first-order chi connectivity index (χ1) is 12.3. The van der Waals surface area contributed by atoms with Crippen LogP contribution in [0.1, 0.15) is 11.1 Å². The SMILES string of the molecule is Cc1cc2c(cc1N(C)C)[Se]C1(C=Cc3cc([N+](=O)[O-])ccc3S1)N2C. The molecule has 2 aromatic carbocycles. The van der Waals surface area contributed by atoms with Crippen LogP contribution in [0.5, 0.6) is 0 Å². The fraction of sp³-hybridized carbons (Fsp3) is 0.263. The normalized spacial score (nSPS) is 20.2. The molecule has 0 aromatic heterocycles. The van der Waals surface area contributed by atoms with Gasteiger partial charge < -0.3 is 0 Å². The van der Waals surface area contributed by atoms with Crippen LogP contribution in [0.2, 0.25) is 0 Å². The number of non-ortho nitro benzene ring substituents is 1. The van der Waals surface area contributed by atoms with Crippen molar-refractivity contribution in [1.82, 2.24) is 0 Å². The Morgan fingerprint density at radius 3 is 2.73 bits per heavy atom. The number of likely N-dealkylation sites (N-methyl/N-ethyl adjacent to an activating group) is 1. The van der Waals surface area contributed by atoms with E-state index in [0.29, 0.717) is 0 Å². The van der Waals surface area contributed by atoms with Crippen LogP contribution in [-0.2, 0) is 0 Å². The van der Waals surface area contributed by atoms with E-state index >= 15 is 0 Å². The molecule has 0 amide bonds. The van der Waals surface area contributed by atoms with Crippen LogP contribution in [0.4, 0.5) is 17.1 Å². The van der Waals surface area contributed by atoms with E-state index in [9.17, 15) is 10.1 Å². The number of nitrogens with zero attached hydrogens (tertiary/aromatic N) is 3. The number of benzene rings is 2. The van der Waals surface area contributed by atoms with Gasteiger partial charge in [0.1, 0.15) is 0 Å². The molecular formula is C19H19N3O2SSe. The molecular weight excluding hydrogens is 413 g/mol. The Labute approximate surface area is 163 Å². The van der Waals surface area contributed by atoms with Gasteiger partial charge in [-0.3, -0.25) is 0 Å². The Kier molecular flexibility index (Phi) is 4.06. The molecule has 0 bridgehead atoms. The van der Waals surface area contributed by atoms with Gasteiger partial charge in [-0.1, -0.05) is 0 Å². The van der Waals surface area contributed by atoms with Crippen LogP contribution < -0.4 is 14.3 Å². The summed E-state index contributed by atoms with van der Waals surface area (Å²) in [5.41, 5.74) is 4.90. The number of nitro groups is 1. The standard InChI is InChI=1S/C19H19N3O2SSe/c1-12-9-16-18(11-15(12)20(2)3)26-19(21(16)4)8-7-13-10-14(22(23)24)5-6-17(13)25-19/h5-11H,1-4H3. The van der Waals surface area contributed by atoms with Crippen molar-refractivity contribution >= 4 is 54.3 Å². The third-order valence-electron chi connectivity index (χ3n) is 4.78. The van der Waals surface area contributed by atoms with Crippen LogP contribution in [0.3, 0.4) is 0 Å². The second-order valence-electron chi connectivity index (χ2n) is 6.71. The molecule has 1 spiro atoms. The molecule has 0 N–H and O–H groups in total.